The number of carbonyl (C=O) groups is 1. The topological polar surface area (TPSA) is 41.9 Å². The highest BCUT2D eigenvalue weighted by Gasteiger charge is 2.33. The largest absolute Gasteiger partial charge is 0.416 e. The molecular weight excluding hydrogens is 417 g/mol. The highest BCUT2D eigenvalue weighted by Crippen LogP contribution is 2.31. The lowest BCUT2D eigenvalue weighted by Crippen LogP contribution is -2.40. The number of aryl methyl sites for hydroxylation is 1. The van der Waals surface area contributed by atoms with Gasteiger partial charge in [0.15, 0.2) is 6.10 Å². The molecule has 0 aromatic heterocycles. The fraction of sp³-hybridized carbons (Fsp3) is 0.440. The SMILES string of the molecule is Cc1ccc(C2=NO[C@H](CN(Cc3ccc(C(F)(F)F)cc3)C(=O)C3CCCC3)C2)cc1. The van der Waals surface area contributed by atoms with E-state index in [-0.39, 0.29) is 24.5 Å². The molecule has 4 nitrogen and oxygen atoms in total. The molecule has 170 valence electrons. The van der Waals surface area contributed by atoms with Crippen LogP contribution in [0.2, 0.25) is 0 Å². The van der Waals surface area contributed by atoms with Gasteiger partial charge < -0.3 is 9.74 Å². The lowest BCUT2D eigenvalue weighted by molar-refractivity contribution is -0.138. The lowest BCUT2D eigenvalue weighted by atomic mass is 10.0. The molecule has 1 fully saturated rings. The Hall–Kier alpha value is -2.83. The summed E-state index contributed by atoms with van der Waals surface area (Å²) < 4.78 is 38.7. The third-order valence-corrected chi connectivity index (χ3v) is 6.21. The van der Waals surface area contributed by atoms with E-state index >= 15 is 0 Å². The van der Waals surface area contributed by atoms with Gasteiger partial charge in [-0.1, -0.05) is 60.0 Å². The number of halogens is 3. The second kappa shape index (κ2) is 9.35. The Morgan fingerprint density at radius 1 is 1.06 bits per heavy atom. The van der Waals surface area contributed by atoms with Crippen molar-refractivity contribution in [2.45, 2.75) is 57.9 Å². The molecule has 1 aliphatic heterocycles. The van der Waals surface area contributed by atoms with Crippen molar-refractivity contribution in [2.75, 3.05) is 6.54 Å². The molecule has 32 heavy (non-hydrogen) atoms. The fourth-order valence-electron chi connectivity index (χ4n) is 4.37. The molecule has 7 heteroatoms. The zero-order valence-corrected chi connectivity index (χ0v) is 18.1. The van der Waals surface area contributed by atoms with Crippen LogP contribution in [0.5, 0.6) is 0 Å². The van der Waals surface area contributed by atoms with Gasteiger partial charge in [-0.15, -0.1) is 0 Å². The first-order chi connectivity index (χ1) is 15.3. The third-order valence-electron chi connectivity index (χ3n) is 6.21. The summed E-state index contributed by atoms with van der Waals surface area (Å²) in [5.74, 6) is 0.0260. The molecule has 0 N–H and O–H groups in total. The Labute approximate surface area is 186 Å². The number of rotatable bonds is 6. The summed E-state index contributed by atoms with van der Waals surface area (Å²) in [6.45, 7) is 2.63. The van der Waals surface area contributed by atoms with E-state index in [9.17, 15) is 18.0 Å². The second-order valence-corrected chi connectivity index (χ2v) is 8.73. The Morgan fingerprint density at radius 2 is 1.72 bits per heavy atom. The number of amides is 1. The second-order valence-electron chi connectivity index (χ2n) is 8.73. The molecule has 2 aromatic carbocycles. The average molecular weight is 444 g/mol. The number of oxime groups is 1. The van der Waals surface area contributed by atoms with Crippen molar-refractivity contribution >= 4 is 11.6 Å². The highest BCUT2D eigenvalue weighted by atomic mass is 19.4. The van der Waals surface area contributed by atoms with E-state index in [2.05, 4.69) is 5.16 Å². The van der Waals surface area contributed by atoms with Gasteiger partial charge in [0.2, 0.25) is 5.91 Å². The number of hydrogen-bond donors (Lipinski definition) is 0. The Kier molecular flexibility index (Phi) is 6.53. The van der Waals surface area contributed by atoms with Crippen LogP contribution in [0.25, 0.3) is 0 Å². The summed E-state index contributed by atoms with van der Waals surface area (Å²) in [4.78, 5) is 20.6. The molecule has 2 aliphatic rings. The average Bonchev–Trinajstić information content (AvgIpc) is 3.46. The Morgan fingerprint density at radius 3 is 2.34 bits per heavy atom. The molecule has 1 heterocycles. The van der Waals surface area contributed by atoms with Crippen molar-refractivity contribution in [1.82, 2.24) is 4.90 Å². The molecule has 1 saturated carbocycles. The quantitative estimate of drug-likeness (QED) is 0.571. The van der Waals surface area contributed by atoms with Gasteiger partial charge in [-0.2, -0.15) is 13.2 Å². The van der Waals surface area contributed by atoms with Crippen LogP contribution in [0.3, 0.4) is 0 Å². The summed E-state index contributed by atoms with van der Waals surface area (Å²) in [6.07, 6.45) is -0.274. The van der Waals surface area contributed by atoms with E-state index in [4.69, 9.17) is 4.84 Å². The minimum absolute atomic E-state index is 0.0247. The zero-order chi connectivity index (χ0) is 22.7. The van der Waals surface area contributed by atoms with Crippen LogP contribution in [0.15, 0.2) is 53.7 Å². The van der Waals surface area contributed by atoms with Gasteiger partial charge in [-0.25, -0.2) is 0 Å². The van der Waals surface area contributed by atoms with E-state index < -0.39 is 11.7 Å². The van der Waals surface area contributed by atoms with Gasteiger partial charge in [-0.05, 0) is 43.0 Å². The summed E-state index contributed by atoms with van der Waals surface area (Å²) >= 11 is 0. The first-order valence-corrected chi connectivity index (χ1v) is 11.0. The molecular formula is C25H27F3N2O2. The van der Waals surface area contributed by atoms with Crippen molar-refractivity contribution in [3.05, 3.63) is 70.8 Å². The maximum atomic E-state index is 13.2. The summed E-state index contributed by atoms with van der Waals surface area (Å²) in [5.41, 5.74) is 2.98. The number of alkyl halides is 3. The molecule has 0 saturated heterocycles. The van der Waals surface area contributed by atoms with Crippen LogP contribution in [-0.4, -0.2) is 29.2 Å². The van der Waals surface area contributed by atoms with E-state index in [1.165, 1.54) is 12.1 Å². The maximum Gasteiger partial charge on any atom is 0.416 e. The van der Waals surface area contributed by atoms with Gasteiger partial charge in [0.25, 0.3) is 0 Å². The van der Waals surface area contributed by atoms with Gasteiger partial charge in [0.05, 0.1) is 17.8 Å². The Balaban J connectivity index is 1.45. The van der Waals surface area contributed by atoms with Crippen LogP contribution in [0.1, 0.15) is 54.4 Å². The van der Waals surface area contributed by atoms with E-state index in [1.54, 1.807) is 4.90 Å². The fourth-order valence-corrected chi connectivity index (χ4v) is 4.37. The Bertz CT molecular complexity index is 962. The first-order valence-electron chi connectivity index (χ1n) is 11.0. The predicted octanol–water partition coefficient (Wildman–Crippen LogP) is 5.73. The zero-order valence-electron chi connectivity index (χ0n) is 18.1. The molecule has 1 amide bonds. The number of nitrogens with zero attached hydrogens (tertiary/aromatic N) is 2. The number of benzene rings is 2. The van der Waals surface area contributed by atoms with Crippen LogP contribution in [0.4, 0.5) is 13.2 Å². The maximum absolute atomic E-state index is 13.2. The minimum Gasteiger partial charge on any atom is -0.390 e. The summed E-state index contributed by atoms with van der Waals surface area (Å²) in [7, 11) is 0. The van der Waals surface area contributed by atoms with Crippen LogP contribution >= 0.6 is 0 Å². The van der Waals surface area contributed by atoms with Gasteiger partial charge in [-0.3, -0.25) is 4.79 Å². The van der Waals surface area contributed by atoms with Gasteiger partial charge in [0, 0.05) is 18.9 Å². The predicted molar refractivity (Wildman–Crippen MR) is 116 cm³/mol. The molecule has 0 bridgehead atoms. The van der Waals surface area contributed by atoms with E-state index in [1.807, 2.05) is 31.2 Å². The molecule has 0 radical (unpaired) electrons. The molecule has 0 unspecified atom stereocenters. The van der Waals surface area contributed by atoms with Crippen molar-refractivity contribution in [3.63, 3.8) is 0 Å². The normalized spacial score (nSPS) is 19.0. The highest BCUT2D eigenvalue weighted by molar-refractivity contribution is 6.01. The summed E-state index contributed by atoms with van der Waals surface area (Å²) in [5, 5.41) is 4.23. The van der Waals surface area contributed by atoms with Crippen molar-refractivity contribution < 1.29 is 22.8 Å². The first kappa shape index (κ1) is 22.4. The molecule has 4 rings (SSSR count). The molecule has 2 aromatic rings. The van der Waals surface area contributed by atoms with E-state index in [0.29, 0.717) is 18.5 Å². The minimum atomic E-state index is -4.38. The van der Waals surface area contributed by atoms with Gasteiger partial charge in [0.1, 0.15) is 0 Å². The summed E-state index contributed by atoms with van der Waals surface area (Å²) in [6, 6.07) is 13.1. The van der Waals surface area contributed by atoms with Crippen LogP contribution in [0, 0.1) is 12.8 Å². The van der Waals surface area contributed by atoms with Crippen LogP contribution in [-0.2, 0) is 22.4 Å². The van der Waals surface area contributed by atoms with Gasteiger partial charge >= 0.3 is 6.18 Å². The van der Waals surface area contributed by atoms with Crippen molar-refractivity contribution in [1.29, 1.82) is 0 Å². The lowest BCUT2D eigenvalue weighted by Gasteiger charge is -2.27. The smallest absolute Gasteiger partial charge is 0.390 e. The monoisotopic (exact) mass is 444 g/mol. The standard InChI is InChI=1S/C25H27F3N2O2/c1-17-6-10-19(11-7-17)23-14-22(32-29-23)16-30(24(31)20-4-2-3-5-20)15-18-8-12-21(13-9-18)25(26,27)28/h6-13,20,22H,2-5,14-16H2,1H3/t22-/m0/s1. The number of hydrogen-bond acceptors (Lipinski definition) is 3. The molecule has 0 spiro atoms. The molecule has 1 atom stereocenters. The number of carbonyl (C=O) groups excluding carboxylic acids is 1. The molecule has 1 aliphatic carbocycles. The third kappa shape index (κ3) is 5.31. The van der Waals surface area contributed by atoms with E-state index in [0.717, 1.165) is 54.7 Å². The van der Waals surface area contributed by atoms with Crippen molar-refractivity contribution in [3.8, 4) is 0 Å². The van der Waals surface area contributed by atoms with Crippen molar-refractivity contribution in [2.24, 2.45) is 11.1 Å². The van der Waals surface area contributed by atoms with Crippen LogP contribution < -0.4 is 0 Å².